The van der Waals surface area contributed by atoms with Crippen LogP contribution in [-0.4, -0.2) is 31.2 Å². The molecule has 16 heavy (non-hydrogen) atoms. The van der Waals surface area contributed by atoms with Gasteiger partial charge in [0.05, 0.1) is 4.83 Å². The minimum atomic E-state index is -3.60. The van der Waals surface area contributed by atoms with Gasteiger partial charge in [0.25, 0.3) is 0 Å². The van der Waals surface area contributed by atoms with Crippen LogP contribution >= 0.6 is 15.9 Å². The minimum absolute atomic E-state index is 0.671. The SMILES string of the molecule is CC(=O)C(Br)CC([N+](=O)[O-])([N+](=O)[O-])[N+](=O)[O-]. The van der Waals surface area contributed by atoms with Crippen molar-refractivity contribution < 1.29 is 19.6 Å². The lowest BCUT2D eigenvalue weighted by atomic mass is 10.1. The lowest BCUT2D eigenvalue weighted by Crippen LogP contribution is -2.55. The van der Waals surface area contributed by atoms with E-state index < -0.39 is 37.6 Å². The van der Waals surface area contributed by atoms with Crippen LogP contribution in [-0.2, 0) is 4.79 Å². The van der Waals surface area contributed by atoms with Crippen LogP contribution in [0.3, 0.4) is 0 Å². The molecule has 0 spiro atoms. The number of hydrogen-bond acceptors (Lipinski definition) is 7. The van der Waals surface area contributed by atoms with Crippen LogP contribution in [0.5, 0.6) is 0 Å². The van der Waals surface area contributed by atoms with E-state index in [0.717, 1.165) is 6.92 Å². The summed E-state index contributed by atoms with van der Waals surface area (Å²) in [5.41, 5.74) is 0. The molecular weight excluding hydrogens is 294 g/mol. The molecule has 0 aliphatic heterocycles. The molecule has 1 atom stereocenters. The molecule has 0 fully saturated rings. The van der Waals surface area contributed by atoms with Gasteiger partial charge in [-0.3, -0.25) is 35.1 Å². The van der Waals surface area contributed by atoms with Crippen LogP contribution in [0, 0.1) is 30.3 Å². The highest BCUT2D eigenvalue weighted by Crippen LogP contribution is 2.23. The maximum Gasteiger partial charge on any atom is 0.701 e. The lowest BCUT2D eigenvalue weighted by Gasteiger charge is -2.10. The summed E-state index contributed by atoms with van der Waals surface area (Å²) in [6.07, 6.45) is -1.16. The number of nitro groups is 3. The Hall–Kier alpha value is -1.65. The number of Topliss-reactive ketones (excluding diaryl/α,β-unsaturated/α-hetero) is 1. The van der Waals surface area contributed by atoms with Crippen molar-refractivity contribution in [3.05, 3.63) is 30.3 Å². The lowest BCUT2D eigenvalue weighted by molar-refractivity contribution is -0.970. The summed E-state index contributed by atoms with van der Waals surface area (Å²) >= 11 is 2.62. The van der Waals surface area contributed by atoms with E-state index in [1.165, 1.54) is 0 Å². The average Bonchev–Trinajstić information content (AvgIpc) is 2.11. The Bertz CT molecular complexity index is 320. The third kappa shape index (κ3) is 2.48. The molecule has 0 saturated carbocycles. The number of alkyl halides is 1. The molecule has 0 aromatic rings. The van der Waals surface area contributed by atoms with Gasteiger partial charge in [0.2, 0.25) is 0 Å². The zero-order valence-corrected chi connectivity index (χ0v) is 9.45. The van der Waals surface area contributed by atoms with E-state index in [9.17, 15) is 35.1 Å². The molecule has 0 radical (unpaired) electrons. The molecule has 0 N–H and O–H groups in total. The monoisotopic (exact) mass is 299 g/mol. The van der Waals surface area contributed by atoms with E-state index in [1.807, 2.05) is 0 Å². The number of halogens is 1. The van der Waals surface area contributed by atoms with Crippen LogP contribution in [0.15, 0.2) is 0 Å². The van der Waals surface area contributed by atoms with Crippen LogP contribution in [0.4, 0.5) is 0 Å². The summed E-state index contributed by atoms with van der Waals surface area (Å²) in [5, 5.41) is 31.4. The van der Waals surface area contributed by atoms with Crippen molar-refractivity contribution in [3.8, 4) is 0 Å². The number of hydrogen-bond donors (Lipinski definition) is 0. The number of carbonyl (C=O) groups is 1. The third-order valence-electron chi connectivity index (χ3n) is 1.77. The van der Waals surface area contributed by atoms with E-state index in [1.54, 1.807) is 0 Å². The van der Waals surface area contributed by atoms with Gasteiger partial charge < -0.3 is 0 Å². The number of ketones is 1. The van der Waals surface area contributed by atoms with Crippen molar-refractivity contribution in [1.29, 1.82) is 0 Å². The molecule has 0 heterocycles. The molecule has 0 aliphatic rings. The normalized spacial score (nSPS) is 12.9. The van der Waals surface area contributed by atoms with Gasteiger partial charge in [-0.05, 0) is 6.92 Å². The van der Waals surface area contributed by atoms with E-state index in [2.05, 4.69) is 15.9 Å². The first-order valence-electron chi connectivity index (χ1n) is 3.74. The van der Waals surface area contributed by atoms with Crippen molar-refractivity contribution in [2.24, 2.45) is 0 Å². The van der Waals surface area contributed by atoms with Gasteiger partial charge in [-0.1, -0.05) is 15.9 Å². The van der Waals surface area contributed by atoms with Crippen molar-refractivity contribution in [2.45, 2.75) is 24.0 Å². The highest BCUT2D eigenvalue weighted by molar-refractivity contribution is 9.10. The molecule has 0 bridgehead atoms. The Kier molecular flexibility index (Phi) is 4.41. The fraction of sp³-hybridized carbons (Fsp3) is 0.800. The molecule has 0 aromatic heterocycles. The maximum absolute atomic E-state index is 10.8. The van der Waals surface area contributed by atoms with Crippen molar-refractivity contribution in [3.63, 3.8) is 0 Å². The molecule has 0 amide bonds. The minimum Gasteiger partial charge on any atom is -0.299 e. The molecule has 10 nitrogen and oxygen atoms in total. The van der Waals surface area contributed by atoms with Gasteiger partial charge in [0.15, 0.2) is 21.2 Å². The van der Waals surface area contributed by atoms with Gasteiger partial charge in [-0.15, -0.1) is 0 Å². The first-order valence-corrected chi connectivity index (χ1v) is 4.65. The highest BCUT2D eigenvalue weighted by Gasteiger charge is 2.71. The van der Waals surface area contributed by atoms with Crippen LogP contribution in [0.25, 0.3) is 0 Å². The molecule has 90 valence electrons. The van der Waals surface area contributed by atoms with Gasteiger partial charge in [-0.25, -0.2) is 0 Å². The van der Waals surface area contributed by atoms with Crippen molar-refractivity contribution in [1.82, 2.24) is 0 Å². The second-order valence-corrected chi connectivity index (χ2v) is 3.93. The fourth-order valence-corrected chi connectivity index (χ4v) is 1.24. The summed E-state index contributed by atoms with van der Waals surface area (Å²) in [5.74, 6) is -4.27. The van der Waals surface area contributed by atoms with E-state index in [4.69, 9.17) is 0 Å². The van der Waals surface area contributed by atoms with Gasteiger partial charge >= 0.3 is 5.79 Å². The molecule has 1 unspecified atom stereocenters. The van der Waals surface area contributed by atoms with Gasteiger partial charge in [0, 0.05) is 0 Å². The number of rotatable bonds is 6. The molecule has 11 heteroatoms. The van der Waals surface area contributed by atoms with Crippen LogP contribution in [0.1, 0.15) is 13.3 Å². The Morgan fingerprint density at radius 2 is 1.50 bits per heavy atom. The Morgan fingerprint density at radius 1 is 1.19 bits per heavy atom. The summed E-state index contributed by atoms with van der Waals surface area (Å²) in [7, 11) is 0. The van der Waals surface area contributed by atoms with Crippen molar-refractivity contribution in [2.75, 3.05) is 0 Å². The smallest absolute Gasteiger partial charge is 0.299 e. The van der Waals surface area contributed by atoms with E-state index in [-0.39, 0.29) is 0 Å². The highest BCUT2D eigenvalue weighted by atomic mass is 79.9. The Labute approximate surface area is 96.2 Å². The van der Waals surface area contributed by atoms with Gasteiger partial charge in [-0.2, -0.15) is 0 Å². The third-order valence-corrected chi connectivity index (χ3v) is 2.74. The molecule has 0 saturated heterocycles. The predicted octanol–water partition coefficient (Wildman–Crippen LogP) is 0.213. The number of carbonyl (C=O) groups excluding carboxylic acids is 1. The van der Waals surface area contributed by atoms with Crippen molar-refractivity contribution >= 4 is 21.7 Å². The number of nitrogens with zero attached hydrogens (tertiary/aromatic N) is 3. The van der Waals surface area contributed by atoms with Crippen LogP contribution in [0.2, 0.25) is 0 Å². The second kappa shape index (κ2) is 4.92. The Balaban J connectivity index is 5.39. The van der Waals surface area contributed by atoms with E-state index in [0.29, 0.717) is 0 Å². The predicted molar refractivity (Wildman–Crippen MR) is 51.7 cm³/mol. The maximum atomic E-state index is 10.8. The molecule has 0 aliphatic carbocycles. The fourth-order valence-electron chi connectivity index (χ4n) is 0.808. The summed E-state index contributed by atoms with van der Waals surface area (Å²) in [6.45, 7) is 1.00. The second-order valence-electron chi connectivity index (χ2n) is 2.83. The molecule has 0 rings (SSSR count). The average molecular weight is 300 g/mol. The van der Waals surface area contributed by atoms with E-state index >= 15 is 0 Å². The first-order chi connectivity index (χ1) is 7.16. The van der Waals surface area contributed by atoms with Gasteiger partial charge in [0.1, 0.15) is 5.78 Å². The largest absolute Gasteiger partial charge is 0.701 e. The zero-order chi connectivity index (χ0) is 13.1. The first kappa shape index (κ1) is 14.3. The standard InChI is InChI=1S/C5H6BrN3O7/c1-3(10)4(6)2-5(7(11)12,8(13)14)9(15)16/h4H,2H2,1H3. The zero-order valence-electron chi connectivity index (χ0n) is 7.86. The Morgan fingerprint density at radius 3 is 1.69 bits per heavy atom. The molecule has 0 aromatic carbocycles. The summed E-state index contributed by atoms with van der Waals surface area (Å²) in [6, 6.07) is 0. The van der Waals surface area contributed by atoms with Crippen LogP contribution < -0.4 is 0 Å². The summed E-state index contributed by atoms with van der Waals surface area (Å²) in [4.78, 5) is 35.9. The quantitative estimate of drug-likeness (QED) is 0.295. The topological polar surface area (TPSA) is 146 Å². The summed E-state index contributed by atoms with van der Waals surface area (Å²) < 4.78 is 0. The molecular formula is C5H6BrN3O7.